The Morgan fingerprint density at radius 2 is 2.00 bits per heavy atom. The zero-order valence-electron chi connectivity index (χ0n) is 17.4. The average Bonchev–Trinajstić information content (AvgIpc) is 3.44. The number of rotatable bonds is 3. The van der Waals surface area contributed by atoms with Crippen LogP contribution in [0.3, 0.4) is 0 Å². The van der Waals surface area contributed by atoms with Crippen LogP contribution in [-0.2, 0) is 5.54 Å². The van der Waals surface area contributed by atoms with Crippen molar-refractivity contribution >= 4 is 39.9 Å². The first-order valence-electron chi connectivity index (χ1n) is 10.2. The van der Waals surface area contributed by atoms with Crippen LogP contribution in [0.1, 0.15) is 41.1 Å². The maximum Gasteiger partial charge on any atom is 0.274 e. The maximum absolute atomic E-state index is 15.3. The van der Waals surface area contributed by atoms with Gasteiger partial charge in [0.05, 0.1) is 9.88 Å². The van der Waals surface area contributed by atoms with Crippen molar-refractivity contribution in [2.45, 2.75) is 32.2 Å². The lowest BCUT2D eigenvalue weighted by atomic mass is 9.97. The quantitative estimate of drug-likeness (QED) is 0.359. The van der Waals surface area contributed by atoms with Crippen LogP contribution in [0.4, 0.5) is 8.87 Å². The van der Waals surface area contributed by atoms with Gasteiger partial charge in [-0.3, -0.25) is 4.79 Å². The van der Waals surface area contributed by atoms with Crippen LogP contribution in [-0.4, -0.2) is 32.1 Å². The minimum atomic E-state index is -1.04. The lowest BCUT2D eigenvalue weighted by molar-refractivity contribution is 0.0579. The monoisotopic (exact) mass is 472 g/mol. The Hall–Kier alpha value is -2.84. The van der Waals surface area contributed by atoms with Gasteiger partial charge in [-0.25, -0.2) is 14.4 Å². The van der Waals surface area contributed by atoms with E-state index in [1.165, 1.54) is 29.5 Å². The SMILES string of the molecule is Cc1nc(C(=O)N2CCC[C@@]2(C)c2nc3c(F)cccc3n2F)c(-c2cccc(Cl)c2)s1. The summed E-state index contributed by atoms with van der Waals surface area (Å²) in [6.07, 6.45) is 1.17. The highest BCUT2D eigenvalue weighted by atomic mass is 35.5. The summed E-state index contributed by atoms with van der Waals surface area (Å²) in [7, 11) is 0. The summed E-state index contributed by atoms with van der Waals surface area (Å²) in [5.41, 5.74) is 0.0578. The van der Waals surface area contributed by atoms with E-state index >= 15 is 4.48 Å². The summed E-state index contributed by atoms with van der Waals surface area (Å²) in [5, 5.41) is 1.30. The number of aryl methyl sites for hydroxylation is 1. The molecule has 4 aromatic rings. The second-order valence-electron chi connectivity index (χ2n) is 8.08. The van der Waals surface area contributed by atoms with E-state index in [9.17, 15) is 9.18 Å². The van der Waals surface area contributed by atoms with Gasteiger partial charge in [-0.2, -0.15) is 4.79 Å². The third-order valence-electron chi connectivity index (χ3n) is 5.97. The van der Waals surface area contributed by atoms with Crippen molar-refractivity contribution in [3.8, 4) is 10.4 Å². The highest BCUT2D eigenvalue weighted by Gasteiger charge is 2.46. The van der Waals surface area contributed by atoms with Crippen molar-refractivity contribution in [1.29, 1.82) is 0 Å². The Morgan fingerprint density at radius 3 is 2.75 bits per heavy atom. The molecule has 1 fully saturated rings. The summed E-state index contributed by atoms with van der Waals surface area (Å²) >= 11 is 7.57. The van der Waals surface area contributed by atoms with E-state index in [-0.39, 0.29) is 22.8 Å². The van der Waals surface area contributed by atoms with E-state index in [1.807, 2.05) is 19.1 Å². The summed E-state index contributed by atoms with van der Waals surface area (Å²) in [6.45, 7) is 4.03. The van der Waals surface area contributed by atoms with Gasteiger partial charge in [0.25, 0.3) is 5.91 Å². The lowest BCUT2D eigenvalue weighted by Crippen LogP contribution is -2.44. The Labute approximate surface area is 192 Å². The molecule has 1 atom stereocenters. The number of fused-ring (bicyclic) bond motifs is 1. The number of carbonyl (C=O) groups excluding carboxylic acids is 1. The number of carbonyl (C=O) groups is 1. The van der Waals surface area contributed by atoms with E-state index in [0.29, 0.717) is 39.8 Å². The van der Waals surface area contributed by atoms with Gasteiger partial charge < -0.3 is 4.90 Å². The Kier molecular flexibility index (Phi) is 5.02. The number of para-hydroxylation sites is 1. The summed E-state index contributed by atoms with van der Waals surface area (Å²) < 4.78 is 29.5. The van der Waals surface area contributed by atoms with Gasteiger partial charge in [-0.15, -0.1) is 11.3 Å². The zero-order chi connectivity index (χ0) is 22.6. The molecule has 1 amide bonds. The van der Waals surface area contributed by atoms with Crippen LogP contribution in [0.5, 0.6) is 0 Å². The van der Waals surface area contributed by atoms with Crippen molar-refractivity contribution < 1.29 is 13.7 Å². The topological polar surface area (TPSA) is 51.0 Å². The van der Waals surface area contributed by atoms with Crippen LogP contribution in [0.15, 0.2) is 42.5 Å². The highest BCUT2D eigenvalue weighted by molar-refractivity contribution is 7.15. The van der Waals surface area contributed by atoms with Crippen LogP contribution in [0, 0.1) is 12.7 Å². The van der Waals surface area contributed by atoms with E-state index in [1.54, 1.807) is 24.0 Å². The minimum Gasteiger partial charge on any atom is -0.325 e. The maximum atomic E-state index is 15.3. The lowest BCUT2D eigenvalue weighted by Gasteiger charge is -2.33. The van der Waals surface area contributed by atoms with Crippen molar-refractivity contribution in [2.24, 2.45) is 0 Å². The molecule has 0 saturated carbocycles. The molecule has 0 bridgehead atoms. The molecule has 0 aliphatic carbocycles. The molecule has 32 heavy (non-hydrogen) atoms. The molecule has 0 spiro atoms. The van der Waals surface area contributed by atoms with Gasteiger partial charge in [-0.1, -0.05) is 34.3 Å². The first-order chi connectivity index (χ1) is 15.3. The third-order valence-corrected chi connectivity index (χ3v) is 7.23. The number of hydrogen-bond acceptors (Lipinski definition) is 4. The van der Waals surface area contributed by atoms with E-state index in [4.69, 9.17) is 11.6 Å². The first kappa shape index (κ1) is 21.0. The Balaban J connectivity index is 1.60. The first-order valence-corrected chi connectivity index (χ1v) is 11.4. The molecule has 0 radical (unpaired) electrons. The Morgan fingerprint density at radius 1 is 1.22 bits per heavy atom. The number of imidazole rings is 1. The van der Waals surface area contributed by atoms with Crippen molar-refractivity contribution in [3.05, 3.63) is 69.8 Å². The normalized spacial score (nSPS) is 18.6. The number of amides is 1. The second-order valence-corrected chi connectivity index (χ2v) is 9.72. The van der Waals surface area contributed by atoms with Gasteiger partial charge in [0.2, 0.25) is 0 Å². The van der Waals surface area contributed by atoms with E-state index in [0.717, 1.165) is 10.6 Å². The summed E-state index contributed by atoms with van der Waals surface area (Å²) in [5.74, 6) is -0.894. The van der Waals surface area contributed by atoms with Crippen LogP contribution < -0.4 is 0 Å². The van der Waals surface area contributed by atoms with Crippen LogP contribution in [0.25, 0.3) is 21.5 Å². The predicted octanol–water partition coefficient (Wildman–Crippen LogP) is 6.14. The zero-order valence-corrected chi connectivity index (χ0v) is 19.0. The van der Waals surface area contributed by atoms with Gasteiger partial charge in [-0.05, 0) is 56.5 Å². The minimum absolute atomic E-state index is 0.0136. The van der Waals surface area contributed by atoms with Gasteiger partial charge >= 0.3 is 0 Å². The third kappa shape index (κ3) is 3.20. The standard InChI is InChI=1S/C23H19ClF2N4OS/c1-13-27-19(20(32-13)14-6-3-7-15(24)12-14)21(31)29-11-5-10-23(29,2)22-28-18-16(25)8-4-9-17(18)30(22)26/h3-4,6-9,12H,5,10-11H2,1-2H3/t23-/m0/s1. The largest absolute Gasteiger partial charge is 0.325 e. The smallest absolute Gasteiger partial charge is 0.274 e. The molecular weight excluding hydrogens is 454 g/mol. The summed E-state index contributed by atoms with van der Waals surface area (Å²) in [4.78, 5) is 25.2. The van der Waals surface area contributed by atoms with Gasteiger partial charge in [0, 0.05) is 11.6 Å². The number of aromatic nitrogens is 3. The van der Waals surface area contributed by atoms with Crippen molar-refractivity contribution in [3.63, 3.8) is 0 Å². The molecule has 1 saturated heterocycles. The molecule has 2 aromatic carbocycles. The fraction of sp³-hybridized carbons (Fsp3) is 0.261. The van der Waals surface area contributed by atoms with Crippen molar-refractivity contribution in [2.75, 3.05) is 6.54 Å². The summed E-state index contributed by atoms with van der Waals surface area (Å²) in [6, 6.07) is 11.4. The number of benzene rings is 2. The molecular formula is C23H19ClF2N4OS. The van der Waals surface area contributed by atoms with Crippen molar-refractivity contribution in [1.82, 2.24) is 19.7 Å². The van der Waals surface area contributed by atoms with Gasteiger partial charge in [0.1, 0.15) is 22.3 Å². The molecule has 1 aliphatic rings. The number of halogens is 3. The second kappa shape index (κ2) is 7.64. The number of nitrogens with zero attached hydrogens (tertiary/aromatic N) is 4. The average molecular weight is 473 g/mol. The molecule has 1 aliphatic heterocycles. The number of thiazole rings is 1. The van der Waals surface area contributed by atoms with E-state index < -0.39 is 11.4 Å². The molecule has 0 N–H and O–H groups in total. The van der Waals surface area contributed by atoms with E-state index in [2.05, 4.69) is 9.97 Å². The molecule has 9 heteroatoms. The van der Waals surface area contributed by atoms with Crippen LogP contribution in [0.2, 0.25) is 5.02 Å². The van der Waals surface area contributed by atoms with Crippen LogP contribution >= 0.6 is 22.9 Å². The molecule has 2 aromatic heterocycles. The number of hydrogen-bond donors (Lipinski definition) is 0. The highest BCUT2D eigenvalue weighted by Crippen LogP contribution is 2.42. The Bertz CT molecular complexity index is 1370. The molecule has 5 nitrogen and oxygen atoms in total. The predicted molar refractivity (Wildman–Crippen MR) is 121 cm³/mol. The molecule has 164 valence electrons. The van der Waals surface area contributed by atoms with Gasteiger partial charge in [0.15, 0.2) is 11.6 Å². The fourth-order valence-electron chi connectivity index (χ4n) is 4.42. The number of likely N-dealkylation sites (tertiary alicyclic amines) is 1. The molecule has 3 heterocycles. The fourth-order valence-corrected chi connectivity index (χ4v) is 5.51. The molecule has 5 rings (SSSR count). The molecule has 0 unspecified atom stereocenters.